The number of hydrogen-bond acceptors (Lipinski definition) is 3. The van der Waals surface area contributed by atoms with E-state index in [1.807, 2.05) is 24.3 Å². The first-order valence-corrected chi connectivity index (χ1v) is 8.00. The molecule has 1 N–H and O–H groups in total. The van der Waals surface area contributed by atoms with E-state index in [0.717, 1.165) is 39.6 Å². The number of ether oxygens (including phenoxy) is 1. The zero-order chi connectivity index (χ0) is 14.8. The van der Waals surface area contributed by atoms with Crippen LogP contribution in [-0.4, -0.2) is 12.9 Å². The van der Waals surface area contributed by atoms with E-state index in [9.17, 15) is 4.39 Å². The van der Waals surface area contributed by atoms with Gasteiger partial charge in [-0.1, -0.05) is 12.1 Å². The van der Waals surface area contributed by atoms with Crippen molar-refractivity contribution in [2.75, 3.05) is 18.2 Å². The van der Waals surface area contributed by atoms with Crippen LogP contribution in [0.4, 0.5) is 10.1 Å². The second-order valence-corrected chi connectivity index (χ2v) is 6.28. The maximum absolute atomic E-state index is 13.9. The molecule has 0 saturated carbocycles. The molecule has 2 nitrogen and oxygen atoms in total. The van der Waals surface area contributed by atoms with Crippen LogP contribution in [-0.2, 0) is 0 Å². The van der Waals surface area contributed by atoms with Crippen LogP contribution >= 0.6 is 11.8 Å². The summed E-state index contributed by atoms with van der Waals surface area (Å²) in [6.07, 6.45) is 0.993. The van der Waals surface area contributed by atoms with Gasteiger partial charge < -0.3 is 10.1 Å². The number of fused-ring (bicyclic) bond motifs is 1. The summed E-state index contributed by atoms with van der Waals surface area (Å²) in [4.78, 5) is 0.785. The molecule has 1 aliphatic heterocycles. The summed E-state index contributed by atoms with van der Waals surface area (Å²) in [6.45, 7) is 2.05. The van der Waals surface area contributed by atoms with Crippen LogP contribution in [0.3, 0.4) is 0 Å². The van der Waals surface area contributed by atoms with Gasteiger partial charge in [-0.2, -0.15) is 0 Å². The van der Waals surface area contributed by atoms with Gasteiger partial charge in [-0.3, -0.25) is 0 Å². The molecule has 4 heteroatoms. The first-order chi connectivity index (χ1) is 10.2. The van der Waals surface area contributed by atoms with Gasteiger partial charge in [0.2, 0.25) is 0 Å². The monoisotopic (exact) mass is 303 g/mol. The predicted octanol–water partition coefficient (Wildman–Crippen LogP) is 4.79. The summed E-state index contributed by atoms with van der Waals surface area (Å²) < 4.78 is 19.1. The standard InChI is InChI=1S/C17H18FNOS/c1-11-10-12(20-2)6-7-15(11)19-16-8-9-21-17-13(16)4-3-5-14(17)18/h3-7,10,16,19H,8-9H2,1-2H3. The fourth-order valence-electron chi connectivity index (χ4n) is 2.65. The molecular weight excluding hydrogens is 285 g/mol. The maximum atomic E-state index is 13.9. The molecule has 1 aliphatic rings. The minimum Gasteiger partial charge on any atom is -0.497 e. The van der Waals surface area contributed by atoms with Gasteiger partial charge in [-0.05, 0) is 48.7 Å². The quantitative estimate of drug-likeness (QED) is 0.880. The minimum absolute atomic E-state index is 0.115. The molecule has 0 aromatic heterocycles. The van der Waals surface area contributed by atoms with Crippen molar-refractivity contribution < 1.29 is 9.13 Å². The fourth-order valence-corrected chi connectivity index (χ4v) is 3.79. The average Bonchev–Trinajstić information content (AvgIpc) is 2.50. The largest absolute Gasteiger partial charge is 0.497 e. The summed E-state index contributed by atoms with van der Waals surface area (Å²) in [5.74, 6) is 1.67. The zero-order valence-electron chi connectivity index (χ0n) is 12.2. The Labute approximate surface area is 128 Å². The van der Waals surface area contributed by atoms with Crippen LogP contribution in [0.1, 0.15) is 23.6 Å². The summed E-state index contributed by atoms with van der Waals surface area (Å²) >= 11 is 1.60. The zero-order valence-corrected chi connectivity index (χ0v) is 13.0. The highest BCUT2D eigenvalue weighted by molar-refractivity contribution is 7.99. The van der Waals surface area contributed by atoms with Crippen LogP contribution < -0.4 is 10.1 Å². The molecule has 2 aromatic rings. The lowest BCUT2D eigenvalue weighted by atomic mass is 10.0. The number of thioether (sulfide) groups is 1. The predicted molar refractivity (Wildman–Crippen MR) is 85.8 cm³/mol. The van der Waals surface area contributed by atoms with E-state index in [4.69, 9.17) is 4.74 Å². The molecule has 0 saturated heterocycles. The number of nitrogens with one attached hydrogen (secondary N) is 1. The molecule has 0 radical (unpaired) electrons. The molecule has 21 heavy (non-hydrogen) atoms. The van der Waals surface area contributed by atoms with E-state index in [1.54, 1.807) is 24.9 Å². The topological polar surface area (TPSA) is 21.3 Å². The van der Waals surface area contributed by atoms with Crippen molar-refractivity contribution in [2.45, 2.75) is 24.3 Å². The van der Waals surface area contributed by atoms with Gasteiger partial charge in [-0.25, -0.2) is 4.39 Å². The van der Waals surface area contributed by atoms with Gasteiger partial charge in [0.15, 0.2) is 0 Å². The lowest BCUT2D eigenvalue weighted by Gasteiger charge is -2.27. The summed E-state index contributed by atoms with van der Waals surface area (Å²) in [7, 11) is 1.67. The number of methoxy groups -OCH3 is 1. The third kappa shape index (κ3) is 2.86. The second kappa shape index (κ2) is 5.98. The summed E-state index contributed by atoms with van der Waals surface area (Å²) in [5, 5.41) is 3.55. The normalized spacial score (nSPS) is 17.2. The maximum Gasteiger partial charge on any atom is 0.137 e. The van der Waals surface area contributed by atoms with Crippen LogP contribution in [0.2, 0.25) is 0 Å². The van der Waals surface area contributed by atoms with Crippen molar-refractivity contribution in [3.8, 4) is 5.75 Å². The van der Waals surface area contributed by atoms with Crippen LogP contribution in [0, 0.1) is 12.7 Å². The van der Waals surface area contributed by atoms with E-state index in [1.165, 1.54) is 6.07 Å². The number of hydrogen-bond donors (Lipinski definition) is 1. The fraction of sp³-hybridized carbons (Fsp3) is 0.294. The molecule has 0 fully saturated rings. The van der Waals surface area contributed by atoms with Crippen molar-refractivity contribution in [3.63, 3.8) is 0 Å². The highest BCUT2D eigenvalue weighted by Gasteiger charge is 2.23. The third-order valence-electron chi connectivity index (χ3n) is 3.79. The molecular formula is C17H18FNOS. The first kappa shape index (κ1) is 14.3. The Morgan fingerprint density at radius 2 is 2.14 bits per heavy atom. The molecule has 0 aliphatic carbocycles. The lowest BCUT2D eigenvalue weighted by molar-refractivity contribution is 0.414. The van der Waals surface area contributed by atoms with Gasteiger partial charge in [0.05, 0.1) is 13.2 Å². The molecule has 1 unspecified atom stereocenters. The Morgan fingerprint density at radius 3 is 2.90 bits per heavy atom. The Kier molecular flexibility index (Phi) is 4.06. The van der Waals surface area contributed by atoms with Gasteiger partial charge in [-0.15, -0.1) is 11.8 Å². The Morgan fingerprint density at radius 1 is 1.29 bits per heavy atom. The number of rotatable bonds is 3. The smallest absolute Gasteiger partial charge is 0.137 e. The van der Waals surface area contributed by atoms with Gasteiger partial charge in [0.25, 0.3) is 0 Å². The molecule has 0 spiro atoms. The minimum atomic E-state index is -0.115. The van der Waals surface area contributed by atoms with Gasteiger partial charge in [0, 0.05) is 16.3 Å². The number of aryl methyl sites for hydroxylation is 1. The first-order valence-electron chi connectivity index (χ1n) is 7.01. The molecule has 1 atom stereocenters. The highest BCUT2D eigenvalue weighted by Crippen LogP contribution is 2.39. The molecule has 3 rings (SSSR count). The van der Waals surface area contributed by atoms with Crippen LogP contribution in [0.25, 0.3) is 0 Å². The Bertz CT molecular complexity index is 659. The Hall–Kier alpha value is -1.68. The molecule has 0 amide bonds. The average molecular weight is 303 g/mol. The van der Waals surface area contributed by atoms with Crippen molar-refractivity contribution in [3.05, 3.63) is 53.3 Å². The molecule has 0 bridgehead atoms. The van der Waals surface area contributed by atoms with Crippen molar-refractivity contribution in [2.24, 2.45) is 0 Å². The van der Waals surface area contributed by atoms with Gasteiger partial charge >= 0.3 is 0 Å². The third-order valence-corrected chi connectivity index (χ3v) is 4.95. The number of anilines is 1. The van der Waals surface area contributed by atoms with E-state index in [-0.39, 0.29) is 11.9 Å². The van der Waals surface area contributed by atoms with E-state index in [2.05, 4.69) is 12.2 Å². The SMILES string of the molecule is COc1ccc(NC2CCSc3c(F)cccc32)c(C)c1. The van der Waals surface area contributed by atoms with Crippen molar-refractivity contribution in [1.82, 2.24) is 0 Å². The molecule has 1 heterocycles. The number of benzene rings is 2. The van der Waals surface area contributed by atoms with Gasteiger partial charge in [0.1, 0.15) is 11.6 Å². The van der Waals surface area contributed by atoms with E-state index >= 15 is 0 Å². The number of halogens is 1. The van der Waals surface area contributed by atoms with Crippen molar-refractivity contribution >= 4 is 17.4 Å². The Balaban J connectivity index is 1.89. The highest BCUT2D eigenvalue weighted by atomic mass is 32.2. The van der Waals surface area contributed by atoms with Crippen LogP contribution in [0.5, 0.6) is 5.75 Å². The van der Waals surface area contributed by atoms with Crippen molar-refractivity contribution in [1.29, 1.82) is 0 Å². The lowest BCUT2D eigenvalue weighted by Crippen LogP contribution is -2.17. The van der Waals surface area contributed by atoms with E-state index in [0.29, 0.717) is 0 Å². The summed E-state index contributed by atoms with van der Waals surface area (Å²) in [6, 6.07) is 11.5. The second-order valence-electron chi connectivity index (χ2n) is 5.17. The summed E-state index contributed by atoms with van der Waals surface area (Å²) in [5.41, 5.74) is 3.26. The van der Waals surface area contributed by atoms with Crippen LogP contribution in [0.15, 0.2) is 41.3 Å². The van der Waals surface area contributed by atoms with E-state index < -0.39 is 0 Å². The molecule has 110 valence electrons. The molecule has 2 aromatic carbocycles.